The fourth-order valence-corrected chi connectivity index (χ4v) is 4.94. The second-order valence-corrected chi connectivity index (χ2v) is 9.09. The molecule has 0 spiro atoms. The zero-order valence-corrected chi connectivity index (χ0v) is 19.6. The highest BCUT2D eigenvalue weighted by atomic mass is 16.4. The molecule has 1 aromatic heterocycles. The van der Waals surface area contributed by atoms with Gasteiger partial charge in [0.25, 0.3) is 0 Å². The van der Waals surface area contributed by atoms with Crippen LogP contribution in [0.1, 0.15) is 41.0 Å². The van der Waals surface area contributed by atoms with Crippen LogP contribution in [0.3, 0.4) is 0 Å². The quantitative estimate of drug-likeness (QED) is 0.378. The largest absolute Gasteiger partial charge is 0.478 e. The molecule has 0 radical (unpaired) electrons. The van der Waals surface area contributed by atoms with Gasteiger partial charge < -0.3 is 10.2 Å². The van der Waals surface area contributed by atoms with Gasteiger partial charge in [-0.3, -0.25) is 4.90 Å². The molecule has 7 nitrogen and oxygen atoms in total. The van der Waals surface area contributed by atoms with Crippen LogP contribution in [-0.4, -0.2) is 49.8 Å². The number of likely N-dealkylation sites (tertiary alicyclic amines) is 1. The zero-order chi connectivity index (χ0) is 24.5. The van der Waals surface area contributed by atoms with E-state index in [2.05, 4.69) is 34.1 Å². The van der Waals surface area contributed by atoms with Crippen molar-refractivity contribution in [3.63, 3.8) is 0 Å². The topological polar surface area (TPSA) is 95.7 Å². The standard InChI is InChI=1S/C28H27N3O4/c1-18-29-26-24(27(32)33)15-23(16-25(26)31(18)28(34)35)21-10-8-20(9-11-21)22-7-5-6-19(14-22)17-30-12-3-2-4-13-30/h5-11,14-16H,2-4,12-13,17H2,1H3,(H,32,33)(H,34,35). The molecule has 7 heteroatoms. The Labute approximate surface area is 203 Å². The first-order chi connectivity index (χ1) is 16.9. The van der Waals surface area contributed by atoms with E-state index >= 15 is 0 Å². The Morgan fingerprint density at radius 2 is 1.54 bits per heavy atom. The van der Waals surface area contributed by atoms with Crippen molar-refractivity contribution in [1.82, 2.24) is 14.5 Å². The predicted octanol–water partition coefficient (Wildman–Crippen LogP) is 5.89. The lowest BCUT2D eigenvalue weighted by Crippen LogP contribution is -2.29. The highest BCUT2D eigenvalue weighted by Gasteiger charge is 2.20. The first-order valence-electron chi connectivity index (χ1n) is 11.8. The van der Waals surface area contributed by atoms with Crippen molar-refractivity contribution < 1.29 is 19.8 Å². The summed E-state index contributed by atoms with van der Waals surface area (Å²) in [6, 6.07) is 19.7. The van der Waals surface area contributed by atoms with Crippen LogP contribution in [0.15, 0.2) is 60.7 Å². The van der Waals surface area contributed by atoms with E-state index < -0.39 is 12.1 Å². The number of fused-ring (bicyclic) bond motifs is 1. The number of nitrogens with zero attached hydrogens (tertiary/aromatic N) is 3. The minimum absolute atomic E-state index is 0.0184. The van der Waals surface area contributed by atoms with Crippen LogP contribution < -0.4 is 0 Å². The molecule has 3 aromatic carbocycles. The van der Waals surface area contributed by atoms with Gasteiger partial charge in [-0.2, -0.15) is 0 Å². The van der Waals surface area contributed by atoms with E-state index in [1.807, 2.05) is 24.3 Å². The van der Waals surface area contributed by atoms with Gasteiger partial charge in [0.15, 0.2) is 0 Å². The van der Waals surface area contributed by atoms with Crippen molar-refractivity contribution in [2.45, 2.75) is 32.7 Å². The highest BCUT2D eigenvalue weighted by molar-refractivity contribution is 6.05. The Balaban J connectivity index is 1.47. The molecule has 0 saturated carbocycles. The third kappa shape index (κ3) is 4.55. The molecule has 0 bridgehead atoms. The molecular formula is C28H27N3O4. The second-order valence-electron chi connectivity index (χ2n) is 9.09. The summed E-state index contributed by atoms with van der Waals surface area (Å²) in [7, 11) is 0. The normalized spacial score (nSPS) is 14.3. The zero-order valence-electron chi connectivity index (χ0n) is 19.6. The van der Waals surface area contributed by atoms with Gasteiger partial charge in [0.05, 0.1) is 11.1 Å². The number of benzene rings is 3. The number of carboxylic acids is 1. The Morgan fingerprint density at radius 3 is 2.20 bits per heavy atom. The average Bonchev–Trinajstić information content (AvgIpc) is 3.20. The Morgan fingerprint density at radius 1 is 0.857 bits per heavy atom. The number of piperidine rings is 1. The van der Waals surface area contributed by atoms with E-state index in [1.54, 1.807) is 19.1 Å². The van der Waals surface area contributed by atoms with E-state index in [0.29, 0.717) is 5.56 Å². The molecule has 0 unspecified atom stereocenters. The van der Waals surface area contributed by atoms with Crippen LogP contribution in [-0.2, 0) is 6.54 Å². The summed E-state index contributed by atoms with van der Waals surface area (Å²) in [5, 5.41) is 19.3. The maximum Gasteiger partial charge on any atom is 0.417 e. The molecular weight excluding hydrogens is 442 g/mol. The molecule has 0 amide bonds. The molecule has 1 saturated heterocycles. The van der Waals surface area contributed by atoms with Crippen molar-refractivity contribution in [3.05, 3.63) is 77.6 Å². The van der Waals surface area contributed by atoms with Crippen LogP contribution in [0, 0.1) is 6.92 Å². The van der Waals surface area contributed by atoms with Gasteiger partial charge >= 0.3 is 12.1 Å². The molecule has 1 fully saturated rings. The molecule has 4 aromatic rings. The number of imidazole rings is 1. The number of hydrogen-bond donors (Lipinski definition) is 2. The Bertz CT molecular complexity index is 1420. The van der Waals surface area contributed by atoms with Crippen molar-refractivity contribution >= 4 is 23.1 Å². The van der Waals surface area contributed by atoms with Crippen molar-refractivity contribution in [2.24, 2.45) is 0 Å². The summed E-state index contributed by atoms with van der Waals surface area (Å²) in [6.07, 6.45) is 2.66. The average molecular weight is 470 g/mol. The first kappa shape index (κ1) is 22.8. The van der Waals surface area contributed by atoms with Gasteiger partial charge in [-0.25, -0.2) is 19.1 Å². The fourth-order valence-electron chi connectivity index (χ4n) is 4.94. The fraction of sp³-hybridized carbons (Fsp3) is 0.250. The third-order valence-electron chi connectivity index (χ3n) is 6.68. The van der Waals surface area contributed by atoms with E-state index in [0.717, 1.165) is 40.9 Å². The second kappa shape index (κ2) is 9.35. The summed E-state index contributed by atoms with van der Waals surface area (Å²) in [4.78, 5) is 30.4. The molecule has 1 aliphatic heterocycles. The summed E-state index contributed by atoms with van der Waals surface area (Å²) in [6.45, 7) is 4.82. The number of aromatic nitrogens is 2. The lowest BCUT2D eigenvalue weighted by Gasteiger charge is -2.26. The smallest absolute Gasteiger partial charge is 0.417 e. The number of carbonyl (C=O) groups is 2. The third-order valence-corrected chi connectivity index (χ3v) is 6.68. The van der Waals surface area contributed by atoms with E-state index in [-0.39, 0.29) is 22.4 Å². The maximum atomic E-state index is 11.9. The number of hydrogen-bond acceptors (Lipinski definition) is 4. The van der Waals surface area contributed by atoms with Crippen LogP contribution >= 0.6 is 0 Å². The van der Waals surface area contributed by atoms with Crippen molar-refractivity contribution in [2.75, 3.05) is 13.1 Å². The number of aryl methyl sites for hydroxylation is 1. The molecule has 1 aliphatic rings. The first-order valence-corrected chi connectivity index (χ1v) is 11.8. The highest BCUT2D eigenvalue weighted by Crippen LogP contribution is 2.31. The number of carboxylic acid groups (broad SMARTS) is 2. The summed E-state index contributed by atoms with van der Waals surface area (Å²) in [5.74, 6) is -0.916. The lowest BCUT2D eigenvalue weighted by molar-refractivity contribution is 0.0698. The van der Waals surface area contributed by atoms with Crippen LogP contribution in [0.4, 0.5) is 4.79 Å². The van der Waals surface area contributed by atoms with Crippen LogP contribution in [0.5, 0.6) is 0 Å². The molecule has 0 atom stereocenters. The van der Waals surface area contributed by atoms with Gasteiger partial charge in [-0.15, -0.1) is 0 Å². The van der Waals surface area contributed by atoms with E-state index in [9.17, 15) is 19.8 Å². The minimum atomic E-state index is -1.20. The summed E-state index contributed by atoms with van der Waals surface area (Å²) >= 11 is 0. The van der Waals surface area contributed by atoms with E-state index in [1.165, 1.54) is 24.8 Å². The van der Waals surface area contributed by atoms with Gasteiger partial charge in [0.1, 0.15) is 11.3 Å². The lowest BCUT2D eigenvalue weighted by atomic mass is 9.97. The molecule has 2 N–H and O–H groups in total. The number of rotatable bonds is 5. The summed E-state index contributed by atoms with van der Waals surface area (Å²) < 4.78 is 1.02. The van der Waals surface area contributed by atoms with Crippen LogP contribution in [0.25, 0.3) is 33.3 Å². The molecule has 35 heavy (non-hydrogen) atoms. The molecule has 5 rings (SSSR count). The Kier molecular flexibility index (Phi) is 6.09. The molecule has 178 valence electrons. The Hall–Kier alpha value is -3.97. The van der Waals surface area contributed by atoms with E-state index in [4.69, 9.17) is 0 Å². The summed E-state index contributed by atoms with van der Waals surface area (Å²) in [5.41, 5.74) is 5.34. The number of aromatic carboxylic acids is 1. The monoisotopic (exact) mass is 469 g/mol. The van der Waals surface area contributed by atoms with Gasteiger partial charge in [-0.1, -0.05) is 48.9 Å². The van der Waals surface area contributed by atoms with Gasteiger partial charge in [0.2, 0.25) is 0 Å². The van der Waals surface area contributed by atoms with Crippen molar-refractivity contribution in [3.8, 4) is 22.3 Å². The molecule has 2 heterocycles. The maximum absolute atomic E-state index is 11.9. The van der Waals surface area contributed by atoms with Gasteiger partial charge in [0, 0.05) is 6.54 Å². The van der Waals surface area contributed by atoms with Gasteiger partial charge in [-0.05, 0) is 78.9 Å². The predicted molar refractivity (Wildman–Crippen MR) is 135 cm³/mol. The van der Waals surface area contributed by atoms with Crippen LogP contribution in [0.2, 0.25) is 0 Å². The molecule has 0 aliphatic carbocycles. The SMILES string of the molecule is Cc1nc2c(C(=O)O)cc(-c3ccc(-c4cccc(CN5CCCCC5)c4)cc3)cc2n1C(=O)O. The minimum Gasteiger partial charge on any atom is -0.478 e. The van der Waals surface area contributed by atoms with Crippen molar-refractivity contribution in [1.29, 1.82) is 0 Å².